The van der Waals surface area contributed by atoms with Gasteiger partial charge < -0.3 is 5.32 Å². The van der Waals surface area contributed by atoms with E-state index in [4.69, 9.17) is 0 Å². The van der Waals surface area contributed by atoms with Gasteiger partial charge >= 0.3 is 0 Å². The van der Waals surface area contributed by atoms with Crippen molar-refractivity contribution in [2.75, 3.05) is 6.54 Å². The number of nitrogens with one attached hydrogen (secondary N) is 1. The molecule has 0 atom stereocenters. The Morgan fingerprint density at radius 3 is 2.89 bits per heavy atom. The number of hydrogen-bond acceptors (Lipinski definition) is 3. The van der Waals surface area contributed by atoms with Crippen LogP contribution in [0.1, 0.15) is 25.6 Å². The van der Waals surface area contributed by atoms with E-state index in [0.717, 1.165) is 12.7 Å². The molecule has 1 N–H and O–H groups in total. The van der Waals surface area contributed by atoms with Crippen LogP contribution < -0.4 is 5.32 Å². The molecule has 4 heteroatoms. The number of rotatable bonds is 5. The van der Waals surface area contributed by atoms with E-state index in [1.807, 2.05) is 17.5 Å². The lowest BCUT2D eigenvalue weighted by Gasteiger charge is -2.04. The average molecular weight is 259 g/mol. The standard InChI is InChI=1S/C14H13NO2S/c16-10-11-3-1-4-12(9-11)14(17)15-7-6-13-5-2-8-18-13/h1-5,8-10H,6-7H2,(H,15,17). The molecule has 0 aliphatic heterocycles. The van der Waals surface area contributed by atoms with Gasteiger partial charge in [-0.15, -0.1) is 11.3 Å². The molecule has 18 heavy (non-hydrogen) atoms. The summed E-state index contributed by atoms with van der Waals surface area (Å²) in [4.78, 5) is 23.7. The third kappa shape index (κ3) is 3.28. The summed E-state index contributed by atoms with van der Waals surface area (Å²) in [5.41, 5.74) is 1.03. The highest BCUT2D eigenvalue weighted by molar-refractivity contribution is 7.09. The second-order valence-electron chi connectivity index (χ2n) is 3.83. The molecule has 0 unspecified atom stereocenters. The van der Waals surface area contributed by atoms with Crippen LogP contribution in [-0.4, -0.2) is 18.7 Å². The van der Waals surface area contributed by atoms with Crippen molar-refractivity contribution in [1.29, 1.82) is 0 Å². The van der Waals surface area contributed by atoms with Gasteiger partial charge in [0.25, 0.3) is 5.91 Å². The van der Waals surface area contributed by atoms with E-state index in [2.05, 4.69) is 5.32 Å². The first-order valence-electron chi connectivity index (χ1n) is 5.65. The number of benzene rings is 1. The molecule has 1 aromatic carbocycles. The number of carbonyl (C=O) groups excluding carboxylic acids is 2. The summed E-state index contributed by atoms with van der Waals surface area (Å²) in [7, 11) is 0. The Labute approximate surface area is 109 Å². The van der Waals surface area contributed by atoms with Crippen LogP contribution in [0.3, 0.4) is 0 Å². The molecule has 1 amide bonds. The minimum atomic E-state index is -0.143. The van der Waals surface area contributed by atoms with Gasteiger partial charge in [-0.1, -0.05) is 18.2 Å². The number of aldehydes is 1. The first-order valence-corrected chi connectivity index (χ1v) is 6.53. The predicted molar refractivity (Wildman–Crippen MR) is 72.2 cm³/mol. The van der Waals surface area contributed by atoms with Gasteiger partial charge in [-0.05, 0) is 30.0 Å². The quantitative estimate of drug-likeness (QED) is 0.839. The molecule has 0 saturated carbocycles. The molecule has 0 radical (unpaired) electrons. The first kappa shape index (κ1) is 12.5. The van der Waals surface area contributed by atoms with Gasteiger partial charge in [0.15, 0.2) is 0 Å². The van der Waals surface area contributed by atoms with E-state index < -0.39 is 0 Å². The molecule has 0 aliphatic rings. The van der Waals surface area contributed by atoms with Crippen LogP contribution in [0.4, 0.5) is 0 Å². The third-order valence-corrected chi connectivity index (χ3v) is 3.46. The van der Waals surface area contributed by atoms with Gasteiger partial charge in [-0.3, -0.25) is 9.59 Å². The molecule has 0 aliphatic carbocycles. The molecule has 2 aromatic rings. The monoisotopic (exact) mass is 259 g/mol. The number of carbonyl (C=O) groups is 2. The molecule has 2 rings (SSSR count). The van der Waals surface area contributed by atoms with Crippen LogP contribution in [0.5, 0.6) is 0 Å². The van der Waals surface area contributed by atoms with Crippen LogP contribution in [0.15, 0.2) is 41.8 Å². The van der Waals surface area contributed by atoms with Crippen molar-refractivity contribution >= 4 is 23.5 Å². The van der Waals surface area contributed by atoms with Crippen molar-refractivity contribution in [1.82, 2.24) is 5.32 Å². The fraction of sp³-hybridized carbons (Fsp3) is 0.143. The van der Waals surface area contributed by atoms with Crippen LogP contribution >= 0.6 is 11.3 Å². The van der Waals surface area contributed by atoms with Gasteiger partial charge in [0, 0.05) is 22.5 Å². The lowest BCUT2D eigenvalue weighted by molar-refractivity contribution is 0.0954. The normalized spacial score (nSPS) is 10.0. The third-order valence-electron chi connectivity index (χ3n) is 2.52. The molecule has 0 fully saturated rings. The maximum absolute atomic E-state index is 11.8. The Morgan fingerprint density at radius 1 is 1.28 bits per heavy atom. The zero-order chi connectivity index (χ0) is 12.8. The van der Waals surface area contributed by atoms with Gasteiger partial charge in [-0.2, -0.15) is 0 Å². The van der Waals surface area contributed by atoms with Crippen molar-refractivity contribution < 1.29 is 9.59 Å². The van der Waals surface area contributed by atoms with Gasteiger partial charge in [0.2, 0.25) is 0 Å². The fourth-order valence-electron chi connectivity index (χ4n) is 1.61. The highest BCUT2D eigenvalue weighted by atomic mass is 32.1. The Bertz CT molecular complexity index is 534. The molecular formula is C14H13NO2S. The van der Waals surface area contributed by atoms with Crippen molar-refractivity contribution in [3.8, 4) is 0 Å². The van der Waals surface area contributed by atoms with Gasteiger partial charge in [0.05, 0.1) is 0 Å². The van der Waals surface area contributed by atoms with E-state index in [-0.39, 0.29) is 5.91 Å². The summed E-state index contributed by atoms with van der Waals surface area (Å²) in [5, 5.41) is 4.86. The fourth-order valence-corrected chi connectivity index (χ4v) is 2.32. The molecule has 3 nitrogen and oxygen atoms in total. The van der Waals surface area contributed by atoms with E-state index in [1.54, 1.807) is 35.6 Å². The molecule has 0 bridgehead atoms. The number of hydrogen-bond donors (Lipinski definition) is 1. The Kier molecular flexibility index (Phi) is 4.25. The van der Waals surface area contributed by atoms with Crippen molar-refractivity contribution in [3.05, 3.63) is 57.8 Å². The van der Waals surface area contributed by atoms with E-state index >= 15 is 0 Å². The smallest absolute Gasteiger partial charge is 0.251 e. The summed E-state index contributed by atoms with van der Waals surface area (Å²) in [6.45, 7) is 0.602. The zero-order valence-corrected chi connectivity index (χ0v) is 10.6. The van der Waals surface area contributed by atoms with Gasteiger partial charge in [-0.25, -0.2) is 0 Å². The Hall–Kier alpha value is -1.94. The summed E-state index contributed by atoms with van der Waals surface area (Å²) < 4.78 is 0. The molecule has 1 aromatic heterocycles. The minimum Gasteiger partial charge on any atom is -0.352 e. The SMILES string of the molecule is O=Cc1cccc(C(=O)NCCc2cccs2)c1. The topological polar surface area (TPSA) is 46.2 Å². The maximum atomic E-state index is 11.8. The summed E-state index contributed by atoms with van der Waals surface area (Å²) >= 11 is 1.68. The second-order valence-corrected chi connectivity index (χ2v) is 4.86. The van der Waals surface area contributed by atoms with Crippen LogP contribution in [0, 0.1) is 0 Å². The Balaban J connectivity index is 1.89. The maximum Gasteiger partial charge on any atom is 0.251 e. The first-order chi connectivity index (χ1) is 8.79. The molecule has 92 valence electrons. The predicted octanol–water partition coefficient (Wildman–Crippen LogP) is 2.53. The lowest BCUT2D eigenvalue weighted by atomic mass is 10.1. The number of thiophene rings is 1. The van der Waals surface area contributed by atoms with Crippen molar-refractivity contribution in [3.63, 3.8) is 0 Å². The molecule has 0 saturated heterocycles. The zero-order valence-electron chi connectivity index (χ0n) is 9.76. The molecular weight excluding hydrogens is 246 g/mol. The number of amides is 1. The lowest BCUT2D eigenvalue weighted by Crippen LogP contribution is -2.25. The highest BCUT2D eigenvalue weighted by Gasteiger charge is 2.05. The van der Waals surface area contributed by atoms with Crippen LogP contribution in [-0.2, 0) is 6.42 Å². The summed E-state index contributed by atoms with van der Waals surface area (Å²) in [5.74, 6) is -0.143. The highest BCUT2D eigenvalue weighted by Crippen LogP contribution is 2.08. The average Bonchev–Trinajstić information content (AvgIpc) is 2.92. The van der Waals surface area contributed by atoms with E-state index in [9.17, 15) is 9.59 Å². The van der Waals surface area contributed by atoms with Crippen LogP contribution in [0.2, 0.25) is 0 Å². The van der Waals surface area contributed by atoms with Crippen molar-refractivity contribution in [2.24, 2.45) is 0 Å². The van der Waals surface area contributed by atoms with Crippen molar-refractivity contribution in [2.45, 2.75) is 6.42 Å². The molecule has 0 spiro atoms. The largest absolute Gasteiger partial charge is 0.352 e. The Morgan fingerprint density at radius 2 is 2.17 bits per heavy atom. The van der Waals surface area contributed by atoms with E-state index in [0.29, 0.717) is 17.7 Å². The molecule has 1 heterocycles. The van der Waals surface area contributed by atoms with E-state index in [1.165, 1.54) is 4.88 Å². The van der Waals surface area contributed by atoms with Gasteiger partial charge in [0.1, 0.15) is 6.29 Å². The van der Waals surface area contributed by atoms with Crippen LogP contribution in [0.25, 0.3) is 0 Å². The summed E-state index contributed by atoms with van der Waals surface area (Å²) in [6.07, 6.45) is 1.57. The minimum absolute atomic E-state index is 0.143. The summed E-state index contributed by atoms with van der Waals surface area (Å²) in [6, 6.07) is 10.7. The second kappa shape index (κ2) is 6.12.